The Labute approximate surface area is 114 Å². The van der Waals surface area contributed by atoms with E-state index in [0.717, 1.165) is 31.4 Å². The summed E-state index contributed by atoms with van der Waals surface area (Å²) in [6.45, 7) is 2.76. The van der Waals surface area contributed by atoms with Crippen LogP contribution >= 0.6 is 0 Å². The van der Waals surface area contributed by atoms with Gasteiger partial charge in [0.2, 0.25) is 5.91 Å². The zero-order valence-electron chi connectivity index (χ0n) is 11.4. The number of benzene rings is 1. The monoisotopic (exact) mass is 262 g/mol. The lowest BCUT2D eigenvalue weighted by Crippen LogP contribution is -2.52. The Balaban J connectivity index is 2.05. The molecule has 4 nitrogen and oxygen atoms in total. The molecule has 2 unspecified atom stereocenters. The number of amides is 1. The number of hydrogen-bond acceptors (Lipinski definition) is 3. The van der Waals surface area contributed by atoms with E-state index in [4.69, 9.17) is 5.73 Å². The lowest BCUT2D eigenvalue weighted by molar-refractivity contribution is -0.134. The molecule has 2 atom stereocenters. The Morgan fingerprint density at radius 1 is 1.53 bits per heavy atom. The second-order valence-electron chi connectivity index (χ2n) is 5.36. The maximum Gasteiger partial charge on any atom is 0.227 e. The molecular weight excluding hydrogens is 240 g/mol. The van der Waals surface area contributed by atoms with Crippen molar-refractivity contribution in [3.63, 3.8) is 0 Å². The quantitative estimate of drug-likeness (QED) is 0.870. The molecule has 0 bridgehead atoms. The second-order valence-corrected chi connectivity index (χ2v) is 5.36. The number of phenols is 1. The van der Waals surface area contributed by atoms with Crippen LogP contribution in [0.25, 0.3) is 0 Å². The van der Waals surface area contributed by atoms with Crippen molar-refractivity contribution in [1.29, 1.82) is 0 Å². The van der Waals surface area contributed by atoms with Crippen LogP contribution in [0.5, 0.6) is 5.75 Å². The average Bonchev–Trinajstić information content (AvgIpc) is 2.38. The van der Waals surface area contributed by atoms with E-state index in [1.54, 1.807) is 18.2 Å². The molecule has 2 rings (SSSR count). The molecule has 1 aromatic carbocycles. The third-order valence-electron chi connectivity index (χ3n) is 3.74. The average molecular weight is 262 g/mol. The number of nitrogens with zero attached hydrogens (tertiary/aromatic N) is 1. The van der Waals surface area contributed by atoms with Crippen molar-refractivity contribution >= 4 is 5.91 Å². The molecule has 0 aliphatic carbocycles. The predicted octanol–water partition coefficient (Wildman–Crippen LogP) is 1.66. The summed E-state index contributed by atoms with van der Waals surface area (Å²) in [5.41, 5.74) is 6.83. The minimum absolute atomic E-state index is 0.00780. The molecule has 19 heavy (non-hydrogen) atoms. The lowest BCUT2D eigenvalue weighted by atomic mass is 9.96. The third-order valence-corrected chi connectivity index (χ3v) is 3.74. The summed E-state index contributed by atoms with van der Waals surface area (Å²) in [4.78, 5) is 14.3. The first kappa shape index (κ1) is 13.9. The van der Waals surface area contributed by atoms with Crippen LogP contribution in [-0.2, 0) is 11.2 Å². The Morgan fingerprint density at radius 2 is 2.32 bits per heavy atom. The number of likely N-dealkylation sites (tertiary alicyclic amines) is 1. The number of rotatable bonds is 3. The van der Waals surface area contributed by atoms with Crippen LogP contribution in [0.1, 0.15) is 31.7 Å². The first-order chi connectivity index (χ1) is 9.08. The first-order valence-electron chi connectivity index (χ1n) is 6.91. The Hall–Kier alpha value is -1.55. The zero-order valence-corrected chi connectivity index (χ0v) is 11.4. The summed E-state index contributed by atoms with van der Waals surface area (Å²) in [6, 6.07) is 7.04. The van der Waals surface area contributed by atoms with Crippen molar-refractivity contribution < 1.29 is 9.90 Å². The number of nitrogens with two attached hydrogens (primary N) is 1. The minimum atomic E-state index is 0.00780. The van der Waals surface area contributed by atoms with Crippen molar-refractivity contribution in [1.82, 2.24) is 4.90 Å². The van der Waals surface area contributed by atoms with Gasteiger partial charge in [0.15, 0.2) is 0 Å². The fraction of sp³-hybridized carbons (Fsp3) is 0.533. The number of phenolic OH excluding ortho intramolecular Hbond substituents is 1. The molecule has 1 fully saturated rings. The van der Waals surface area contributed by atoms with Gasteiger partial charge in [-0.05, 0) is 43.9 Å². The van der Waals surface area contributed by atoms with Crippen molar-refractivity contribution in [3.8, 4) is 5.75 Å². The normalized spacial score (nSPS) is 21.2. The van der Waals surface area contributed by atoms with E-state index in [1.165, 1.54) is 0 Å². The zero-order chi connectivity index (χ0) is 13.8. The lowest BCUT2D eigenvalue weighted by Gasteiger charge is -2.38. The number of piperidine rings is 1. The van der Waals surface area contributed by atoms with Gasteiger partial charge in [0, 0.05) is 18.6 Å². The molecule has 1 amide bonds. The minimum Gasteiger partial charge on any atom is -0.508 e. The molecule has 1 aromatic rings. The van der Waals surface area contributed by atoms with Gasteiger partial charge >= 0.3 is 0 Å². The van der Waals surface area contributed by atoms with Gasteiger partial charge in [-0.3, -0.25) is 4.79 Å². The smallest absolute Gasteiger partial charge is 0.227 e. The van der Waals surface area contributed by atoms with E-state index >= 15 is 0 Å². The predicted molar refractivity (Wildman–Crippen MR) is 74.8 cm³/mol. The number of carbonyl (C=O) groups is 1. The summed E-state index contributed by atoms with van der Waals surface area (Å²) in [5, 5.41) is 9.43. The Bertz CT molecular complexity index is 446. The van der Waals surface area contributed by atoms with Gasteiger partial charge in [0.25, 0.3) is 0 Å². The van der Waals surface area contributed by atoms with E-state index in [9.17, 15) is 9.90 Å². The maximum absolute atomic E-state index is 12.4. The van der Waals surface area contributed by atoms with Crippen LogP contribution in [0.15, 0.2) is 24.3 Å². The third kappa shape index (κ3) is 3.47. The van der Waals surface area contributed by atoms with Crippen molar-refractivity contribution in [2.45, 2.75) is 44.7 Å². The fourth-order valence-corrected chi connectivity index (χ4v) is 2.76. The van der Waals surface area contributed by atoms with Crippen molar-refractivity contribution in [3.05, 3.63) is 29.8 Å². The van der Waals surface area contributed by atoms with Crippen LogP contribution in [0.3, 0.4) is 0 Å². The van der Waals surface area contributed by atoms with Gasteiger partial charge in [-0.1, -0.05) is 12.1 Å². The molecule has 1 aliphatic rings. The molecule has 0 saturated carbocycles. The molecule has 104 valence electrons. The van der Waals surface area contributed by atoms with Gasteiger partial charge in [-0.25, -0.2) is 0 Å². The molecular formula is C15H22N2O2. The molecule has 4 heteroatoms. The standard InChI is InChI=1S/C15H22N2O2/c1-11(16)14-7-2-3-8-17(14)15(19)10-12-5-4-6-13(18)9-12/h4-6,9,11,14,18H,2-3,7-8,10,16H2,1H3. The van der Waals surface area contributed by atoms with Crippen LogP contribution in [0.4, 0.5) is 0 Å². The van der Waals surface area contributed by atoms with Gasteiger partial charge < -0.3 is 15.7 Å². The van der Waals surface area contributed by atoms with Gasteiger partial charge in [0.05, 0.1) is 6.42 Å². The van der Waals surface area contributed by atoms with Crippen LogP contribution in [0.2, 0.25) is 0 Å². The summed E-state index contributed by atoms with van der Waals surface area (Å²) in [5.74, 6) is 0.306. The second kappa shape index (κ2) is 6.06. The van der Waals surface area contributed by atoms with Gasteiger partial charge in [-0.15, -0.1) is 0 Å². The largest absolute Gasteiger partial charge is 0.508 e. The maximum atomic E-state index is 12.4. The molecule has 0 spiro atoms. The SMILES string of the molecule is CC(N)C1CCCCN1C(=O)Cc1cccc(O)c1. The topological polar surface area (TPSA) is 66.6 Å². The highest BCUT2D eigenvalue weighted by molar-refractivity contribution is 5.79. The van der Waals surface area contributed by atoms with Crippen LogP contribution in [-0.4, -0.2) is 34.5 Å². The molecule has 1 saturated heterocycles. The Kier molecular flexibility index (Phi) is 4.43. The molecule has 1 heterocycles. The molecule has 3 N–H and O–H groups in total. The van der Waals surface area contributed by atoms with E-state index < -0.39 is 0 Å². The van der Waals surface area contributed by atoms with E-state index in [2.05, 4.69) is 0 Å². The molecule has 0 aromatic heterocycles. The summed E-state index contributed by atoms with van der Waals surface area (Å²) >= 11 is 0. The summed E-state index contributed by atoms with van der Waals surface area (Å²) < 4.78 is 0. The highest BCUT2D eigenvalue weighted by Gasteiger charge is 2.28. The number of carbonyl (C=O) groups excluding carboxylic acids is 1. The Morgan fingerprint density at radius 3 is 3.00 bits per heavy atom. The summed E-state index contributed by atoms with van der Waals surface area (Å²) in [7, 11) is 0. The van der Waals surface area contributed by atoms with Crippen LogP contribution in [0, 0.1) is 0 Å². The number of aromatic hydroxyl groups is 1. The first-order valence-corrected chi connectivity index (χ1v) is 6.91. The highest BCUT2D eigenvalue weighted by atomic mass is 16.3. The number of hydrogen-bond donors (Lipinski definition) is 2. The van der Waals surface area contributed by atoms with E-state index in [1.807, 2.05) is 17.9 Å². The van der Waals surface area contributed by atoms with E-state index in [-0.39, 0.29) is 23.7 Å². The molecule has 1 aliphatic heterocycles. The summed E-state index contributed by atoms with van der Waals surface area (Å²) in [6.07, 6.45) is 3.51. The fourth-order valence-electron chi connectivity index (χ4n) is 2.76. The van der Waals surface area contributed by atoms with Crippen molar-refractivity contribution in [2.75, 3.05) is 6.54 Å². The van der Waals surface area contributed by atoms with Crippen LogP contribution < -0.4 is 5.73 Å². The van der Waals surface area contributed by atoms with Gasteiger partial charge in [-0.2, -0.15) is 0 Å². The molecule has 0 radical (unpaired) electrons. The highest BCUT2D eigenvalue weighted by Crippen LogP contribution is 2.21. The van der Waals surface area contributed by atoms with Crippen molar-refractivity contribution in [2.24, 2.45) is 5.73 Å². The van der Waals surface area contributed by atoms with Gasteiger partial charge in [0.1, 0.15) is 5.75 Å². The van der Waals surface area contributed by atoms with E-state index in [0.29, 0.717) is 6.42 Å².